The highest BCUT2D eigenvalue weighted by molar-refractivity contribution is 5.77. The lowest BCUT2D eigenvalue weighted by Gasteiger charge is -2.36. The molecule has 0 aliphatic carbocycles. The summed E-state index contributed by atoms with van der Waals surface area (Å²) in [5.74, 6) is 0.379. The van der Waals surface area contributed by atoms with Gasteiger partial charge in [0.2, 0.25) is 0 Å². The van der Waals surface area contributed by atoms with Crippen LogP contribution in [0.3, 0.4) is 0 Å². The summed E-state index contributed by atoms with van der Waals surface area (Å²) in [6.07, 6.45) is -0.787. The number of nitrogens with one attached hydrogen (secondary N) is 1. The van der Waals surface area contributed by atoms with Gasteiger partial charge in [-0.05, 0) is 22.6 Å². The molecule has 2 N–H and O–H groups in total. The lowest BCUT2D eigenvalue weighted by atomic mass is 9.80. The molecule has 5 heteroatoms. The van der Waals surface area contributed by atoms with Crippen LogP contribution in [0, 0.1) is 5.92 Å². The van der Waals surface area contributed by atoms with Crippen molar-refractivity contribution in [2.45, 2.75) is 31.6 Å². The van der Waals surface area contributed by atoms with E-state index < -0.39 is 11.7 Å². The molecule has 1 fully saturated rings. The zero-order valence-corrected chi connectivity index (χ0v) is 19.2. The van der Waals surface area contributed by atoms with Crippen molar-refractivity contribution >= 4 is 6.03 Å². The van der Waals surface area contributed by atoms with Crippen LogP contribution < -0.4 is 5.32 Å². The molecule has 33 heavy (non-hydrogen) atoms. The van der Waals surface area contributed by atoms with Crippen LogP contribution in [0.2, 0.25) is 0 Å². The molecular weight excluding hydrogens is 412 g/mol. The van der Waals surface area contributed by atoms with Crippen molar-refractivity contribution < 1.29 is 14.6 Å². The number of hydrogen-bond donors (Lipinski definition) is 2. The third-order valence-corrected chi connectivity index (χ3v) is 6.03. The van der Waals surface area contributed by atoms with E-state index in [1.165, 1.54) is 0 Å². The summed E-state index contributed by atoms with van der Waals surface area (Å²) < 4.78 is 6.67. The van der Waals surface area contributed by atoms with E-state index >= 15 is 0 Å². The molecule has 0 spiro atoms. The van der Waals surface area contributed by atoms with Gasteiger partial charge in [0, 0.05) is 13.1 Å². The van der Waals surface area contributed by atoms with Crippen LogP contribution in [0.25, 0.3) is 0 Å². The van der Waals surface area contributed by atoms with E-state index in [1.54, 1.807) is 4.90 Å². The molecule has 1 aliphatic rings. The first kappa shape index (κ1) is 23.0. The van der Waals surface area contributed by atoms with E-state index in [0.717, 1.165) is 16.7 Å². The predicted octanol–water partition coefficient (Wildman–Crippen LogP) is 4.41. The fourth-order valence-electron chi connectivity index (χ4n) is 4.20. The molecule has 0 aromatic heterocycles. The number of ether oxygens (including phenoxy) is 1. The Balaban J connectivity index is 1.60. The van der Waals surface area contributed by atoms with Gasteiger partial charge < -0.3 is 20.1 Å². The van der Waals surface area contributed by atoms with Gasteiger partial charge in [0.05, 0.1) is 18.8 Å². The maximum atomic E-state index is 12.4. The number of urea groups is 1. The second kappa shape index (κ2) is 10.2. The molecule has 5 nitrogen and oxygen atoms in total. The number of aliphatic hydroxyl groups excluding tert-OH is 1. The van der Waals surface area contributed by atoms with Crippen molar-refractivity contribution in [3.8, 4) is 0 Å². The Kier molecular flexibility index (Phi) is 7.11. The number of amides is 2. The van der Waals surface area contributed by atoms with E-state index in [0.29, 0.717) is 19.0 Å². The zero-order valence-electron chi connectivity index (χ0n) is 19.2. The molecule has 4 rings (SSSR count). The third-order valence-electron chi connectivity index (χ3n) is 6.03. The predicted molar refractivity (Wildman–Crippen MR) is 130 cm³/mol. The molecule has 2 amide bonds. The zero-order chi connectivity index (χ0) is 23.3. The van der Waals surface area contributed by atoms with Crippen LogP contribution in [0.5, 0.6) is 0 Å². The van der Waals surface area contributed by atoms with Gasteiger partial charge in [0.15, 0.2) is 0 Å². The van der Waals surface area contributed by atoms with Gasteiger partial charge in [-0.3, -0.25) is 0 Å². The van der Waals surface area contributed by atoms with Crippen molar-refractivity contribution in [3.63, 3.8) is 0 Å². The summed E-state index contributed by atoms with van der Waals surface area (Å²) in [4.78, 5) is 14.0. The third kappa shape index (κ3) is 5.10. The molecule has 1 aliphatic heterocycles. The Morgan fingerprint density at radius 3 is 1.82 bits per heavy atom. The van der Waals surface area contributed by atoms with Crippen molar-refractivity contribution in [1.82, 2.24) is 10.2 Å². The average molecular weight is 445 g/mol. The van der Waals surface area contributed by atoms with Crippen LogP contribution in [-0.2, 0) is 10.3 Å². The molecule has 0 unspecified atom stereocenters. The van der Waals surface area contributed by atoms with Crippen molar-refractivity contribution in [1.29, 1.82) is 0 Å². The first-order chi connectivity index (χ1) is 16.0. The van der Waals surface area contributed by atoms with E-state index in [1.807, 2.05) is 54.6 Å². The molecule has 3 aromatic carbocycles. The summed E-state index contributed by atoms with van der Waals surface area (Å²) >= 11 is 0. The molecule has 1 heterocycles. The number of carbonyl (C=O) groups excluding carboxylic acids is 1. The Bertz CT molecular complexity index is 928. The summed E-state index contributed by atoms with van der Waals surface area (Å²) in [7, 11) is 0. The number of nitrogens with zero attached hydrogens (tertiary/aromatic N) is 1. The fraction of sp³-hybridized carbons (Fsp3) is 0.321. The van der Waals surface area contributed by atoms with Gasteiger partial charge in [0.25, 0.3) is 0 Å². The largest absolute Gasteiger partial charge is 0.388 e. The van der Waals surface area contributed by atoms with E-state index in [4.69, 9.17) is 4.74 Å². The normalized spacial score (nSPS) is 16.5. The summed E-state index contributed by atoms with van der Waals surface area (Å²) in [6, 6.07) is 29.9. The molecule has 0 radical (unpaired) electrons. The molecule has 3 aromatic rings. The van der Waals surface area contributed by atoms with E-state index in [9.17, 15) is 9.90 Å². The lowest BCUT2D eigenvalue weighted by Crippen LogP contribution is -2.39. The van der Waals surface area contributed by atoms with Gasteiger partial charge in [-0.2, -0.15) is 0 Å². The molecule has 0 bridgehead atoms. The highest BCUT2D eigenvalue weighted by Gasteiger charge is 2.45. The molecule has 2 atom stereocenters. The van der Waals surface area contributed by atoms with Crippen molar-refractivity contribution in [3.05, 3.63) is 108 Å². The second-order valence-electron chi connectivity index (χ2n) is 8.96. The number of aliphatic hydroxyl groups is 1. The maximum Gasteiger partial charge on any atom is 0.317 e. The van der Waals surface area contributed by atoms with Crippen molar-refractivity contribution in [2.24, 2.45) is 5.92 Å². The van der Waals surface area contributed by atoms with Gasteiger partial charge in [-0.1, -0.05) is 105 Å². The lowest BCUT2D eigenvalue weighted by molar-refractivity contribution is -0.0401. The summed E-state index contributed by atoms with van der Waals surface area (Å²) in [5, 5.41) is 13.9. The molecule has 1 saturated heterocycles. The summed E-state index contributed by atoms with van der Waals surface area (Å²) in [5.41, 5.74) is 2.07. The van der Waals surface area contributed by atoms with Crippen LogP contribution in [0.4, 0.5) is 4.79 Å². The number of benzene rings is 3. The fourth-order valence-corrected chi connectivity index (χ4v) is 4.20. The highest BCUT2D eigenvalue weighted by Crippen LogP contribution is 2.40. The van der Waals surface area contributed by atoms with Gasteiger partial charge >= 0.3 is 6.03 Å². The van der Waals surface area contributed by atoms with Crippen LogP contribution >= 0.6 is 0 Å². The van der Waals surface area contributed by atoms with Crippen molar-refractivity contribution in [2.75, 3.05) is 19.7 Å². The highest BCUT2D eigenvalue weighted by atomic mass is 16.5. The molecular formula is C28H32N2O3. The quantitative estimate of drug-likeness (QED) is 0.380. The van der Waals surface area contributed by atoms with Gasteiger partial charge in [-0.15, -0.1) is 0 Å². The Morgan fingerprint density at radius 1 is 0.939 bits per heavy atom. The standard InChI is InChI=1S/C28H32N2O3/c1-21(2)18-29-27(32)30-19-25(30)26(31)20-33-28(22-12-6-3-7-13-22,23-14-8-4-9-15-23)24-16-10-5-11-17-24/h3-17,21,25-26,31H,18-20H2,1-2H3,(H,29,32)/t25-,26-,30?/m1/s1. The van der Waals surface area contributed by atoms with Crippen LogP contribution in [-0.4, -0.2) is 47.9 Å². The van der Waals surface area contributed by atoms with E-state index in [2.05, 4.69) is 55.6 Å². The topological polar surface area (TPSA) is 61.6 Å². The van der Waals surface area contributed by atoms with Crippen LogP contribution in [0.15, 0.2) is 91.0 Å². The monoisotopic (exact) mass is 444 g/mol. The van der Waals surface area contributed by atoms with Gasteiger partial charge in [-0.25, -0.2) is 4.79 Å². The van der Waals surface area contributed by atoms with Gasteiger partial charge in [0.1, 0.15) is 5.60 Å². The maximum absolute atomic E-state index is 12.4. The minimum Gasteiger partial charge on any atom is -0.388 e. The Morgan fingerprint density at radius 2 is 1.39 bits per heavy atom. The van der Waals surface area contributed by atoms with Crippen LogP contribution in [0.1, 0.15) is 30.5 Å². The first-order valence-electron chi connectivity index (χ1n) is 11.6. The first-order valence-corrected chi connectivity index (χ1v) is 11.6. The average Bonchev–Trinajstić information content (AvgIpc) is 3.66. The van der Waals surface area contributed by atoms with E-state index in [-0.39, 0.29) is 18.7 Å². The Hall–Kier alpha value is -3.15. The molecule has 0 saturated carbocycles. The smallest absolute Gasteiger partial charge is 0.317 e. The molecule has 172 valence electrons. The SMILES string of the molecule is CC(C)CNC(=O)N1C[C@@H]1[C@H](O)COC(c1ccccc1)(c1ccccc1)c1ccccc1. The summed E-state index contributed by atoms with van der Waals surface area (Å²) in [6.45, 7) is 5.35. The number of carbonyl (C=O) groups is 1. The number of hydrogen-bond acceptors (Lipinski definition) is 3. The minimum atomic E-state index is -0.885. The Labute approximate surface area is 196 Å². The minimum absolute atomic E-state index is 0.0946. The number of rotatable bonds is 9. The second-order valence-corrected chi connectivity index (χ2v) is 8.96.